The van der Waals surface area contributed by atoms with Gasteiger partial charge in [-0.15, -0.1) is 0 Å². The molecule has 2 unspecified atom stereocenters. The summed E-state index contributed by atoms with van der Waals surface area (Å²) in [6.07, 6.45) is 2.58. The quantitative estimate of drug-likeness (QED) is 0.602. The van der Waals surface area contributed by atoms with Gasteiger partial charge in [0.2, 0.25) is 5.91 Å². The molecule has 1 saturated carbocycles. The highest BCUT2D eigenvalue weighted by molar-refractivity contribution is 5.97. The zero-order valence-electron chi connectivity index (χ0n) is 22.4. The highest BCUT2D eigenvalue weighted by Gasteiger charge is 2.52. The average molecular weight is 533 g/mol. The van der Waals surface area contributed by atoms with Crippen molar-refractivity contribution in [1.29, 1.82) is 5.26 Å². The zero-order chi connectivity index (χ0) is 27.9. The Kier molecular flexibility index (Phi) is 7.06. The molecule has 204 valence electrons. The molecule has 2 fully saturated rings. The van der Waals surface area contributed by atoms with Gasteiger partial charge in [0.05, 0.1) is 6.07 Å². The maximum Gasteiger partial charge on any atom is 0.411 e. The number of piperidine rings is 1. The van der Waals surface area contributed by atoms with Crippen LogP contribution < -0.4 is 10.6 Å². The van der Waals surface area contributed by atoms with E-state index < -0.39 is 35.5 Å². The van der Waals surface area contributed by atoms with Crippen LogP contribution in [-0.4, -0.2) is 53.1 Å². The van der Waals surface area contributed by atoms with E-state index in [2.05, 4.69) is 16.7 Å². The van der Waals surface area contributed by atoms with Crippen LogP contribution in [0.3, 0.4) is 0 Å². The molecular formula is C30H33FN4O4. The Hall–Kier alpha value is -3.93. The summed E-state index contributed by atoms with van der Waals surface area (Å²) in [7, 11) is 0. The molecule has 2 N–H and O–H groups in total. The maximum atomic E-state index is 15.2. The first-order valence-corrected chi connectivity index (χ1v) is 13.5. The zero-order valence-corrected chi connectivity index (χ0v) is 22.4. The Morgan fingerprint density at radius 3 is 2.67 bits per heavy atom. The number of nitrogens with one attached hydrogen (secondary N) is 2. The molecule has 3 aliphatic rings. The van der Waals surface area contributed by atoms with Gasteiger partial charge in [0, 0.05) is 24.6 Å². The fourth-order valence-electron chi connectivity index (χ4n) is 6.01. The van der Waals surface area contributed by atoms with E-state index in [1.807, 2.05) is 6.07 Å². The van der Waals surface area contributed by atoms with Crippen molar-refractivity contribution in [2.75, 3.05) is 6.54 Å². The maximum absolute atomic E-state index is 15.2. The smallest absolute Gasteiger partial charge is 0.411 e. The first kappa shape index (κ1) is 26.7. The molecule has 0 radical (unpaired) electrons. The van der Waals surface area contributed by atoms with E-state index in [0.29, 0.717) is 29.7 Å². The first-order chi connectivity index (χ1) is 18.5. The summed E-state index contributed by atoms with van der Waals surface area (Å²) in [5, 5.41) is 15.3. The van der Waals surface area contributed by atoms with Crippen molar-refractivity contribution in [3.05, 3.63) is 58.9 Å². The minimum absolute atomic E-state index is 0.00797. The van der Waals surface area contributed by atoms with Crippen LogP contribution in [0, 0.1) is 23.1 Å². The lowest BCUT2D eigenvalue weighted by Crippen LogP contribution is -2.55. The van der Waals surface area contributed by atoms with E-state index in [-0.39, 0.29) is 24.3 Å². The summed E-state index contributed by atoms with van der Waals surface area (Å²) in [6, 6.07) is 10.6. The lowest BCUT2D eigenvalue weighted by Gasteiger charge is -2.35. The number of ether oxygens (including phenoxy) is 1. The number of nitriles is 1. The van der Waals surface area contributed by atoms with Crippen LogP contribution in [-0.2, 0) is 22.4 Å². The number of amides is 3. The van der Waals surface area contributed by atoms with Gasteiger partial charge in [-0.05, 0) is 86.8 Å². The number of carbonyl (C=O) groups is 3. The van der Waals surface area contributed by atoms with Crippen molar-refractivity contribution in [2.45, 2.75) is 76.6 Å². The molecule has 2 aromatic rings. The molecule has 1 aliphatic carbocycles. The molecule has 8 nitrogen and oxygen atoms in total. The highest BCUT2D eigenvalue weighted by Crippen LogP contribution is 2.43. The van der Waals surface area contributed by atoms with Gasteiger partial charge in [-0.3, -0.25) is 14.5 Å². The summed E-state index contributed by atoms with van der Waals surface area (Å²) < 4.78 is 20.7. The fourth-order valence-corrected chi connectivity index (χ4v) is 6.01. The molecule has 5 rings (SSSR count). The van der Waals surface area contributed by atoms with Crippen LogP contribution in [0.4, 0.5) is 9.18 Å². The number of hydrogen-bond acceptors (Lipinski definition) is 5. The van der Waals surface area contributed by atoms with Crippen LogP contribution in [0.25, 0.3) is 11.1 Å². The minimum Gasteiger partial charge on any atom is -0.444 e. The molecule has 39 heavy (non-hydrogen) atoms. The number of benzene rings is 2. The Balaban J connectivity index is 1.28. The Bertz CT molecular complexity index is 1360. The third-order valence-electron chi connectivity index (χ3n) is 7.77. The van der Waals surface area contributed by atoms with Gasteiger partial charge < -0.3 is 15.4 Å². The number of fused-ring (bicyclic) bond motifs is 3. The monoisotopic (exact) mass is 532 g/mol. The van der Waals surface area contributed by atoms with Crippen molar-refractivity contribution in [2.24, 2.45) is 5.92 Å². The summed E-state index contributed by atoms with van der Waals surface area (Å²) in [5.41, 5.74) is 2.64. The standard InChI is InChI=1S/C30H33FN4O4/c1-30(2,3)39-29(38)35-23-8-6-21(14-23)26(35)28(37)34-22(16-32)13-20-5-4-18(15-25(20)31)17-7-9-24-19(12-17)10-11-33-27(24)36/h4-5,7,9,12,15,21-23,26H,6,8,10-11,13-14H2,1-3H3,(H,33,36)(H,34,37)/t21-,22?,23?,26-/m0/s1. The molecule has 2 aliphatic heterocycles. The molecule has 3 amide bonds. The van der Waals surface area contributed by atoms with E-state index in [9.17, 15) is 19.6 Å². The highest BCUT2D eigenvalue weighted by atomic mass is 19.1. The van der Waals surface area contributed by atoms with Crippen molar-refractivity contribution >= 4 is 17.9 Å². The van der Waals surface area contributed by atoms with Gasteiger partial charge in [0.25, 0.3) is 5.91 Å². The van der Waals surface area contributed by atoms with E-state index in [1.165, 1.54) is 11.0 Å². The molecule has 9 heteroatoms. The second kappa shape index (κ2) is 10.3. The van der Waals surface area contributed by atoms with Crippen LogP contribution in [0.5, 0.6) is 0 Å². The molecule has 2 heterocycles. The second-order valence-electron chi connectivity index (χ2n) is 11.6. The second-order valence-corrected chi connectivity index (χ2v) is 11.6. The normalized spacial score (nSPS) is 22.5. The van der Waals surface area contributed by atoms with E-state index in [4.69, 9.17) is 4.74 Å². The van der Waals surface area contributed by atoms with Crippen molar-refractivity contribution < 1.29 is 23.5 Å². The van der Waals surface area contributed by atoms with Gasteiger partial charge in [-0.1, -0.05) is 24.3 Å². The third-order valence-corrected chi connectivity index (χ3v) is 7.77. The number of rotatable bonds is 5. The third kappa shape index (κ3) is 5.47. The summed E-state index contributed by atoms with van der Waals surface area (Å²) in [5.74, 6) is -0.975. The van der Waals surface area contributed by atoms with Crippen molar-refractivity contribution in [3.63, 3.8) is 0 Å². The number of halogens is 1. The van der Waals surface area contributed by atoms with Gasteiger partial charge in [0.15, 0.2) is 0 Å². The topological polar surface area (TPSA) is 112 Å². The van der Waals surface area contributed by atoms with Crippen molar-refractivity contribution in [1.82, 2.24) is 15.5 Å². The predicted molar refractivity (Wildman–Crippen MR) is 142 cm³/mol. The number of likely N-dealkylation sites (tertiary alicyclic amines) is 1. The van der Waals surface area contributed by atoms with Crippen LogP contribution in [0.15, 0.2) is 36.4 Å². The molecule has 0 aromatic heterocycles. The Morgan fingerprint density at radius 2 is 1.95 bits per heavy atom. The van der Waals surface area contributed by atoms with Gasteiger partial charge in [0.1, 0.15) is 23.5 Å². The van der Waals surface area contributed by atoms with Crippen LogP contribution in [0.1, 0.15) is 61.5 Å². The fraction of sp³-hybridized carbons (Fsp3) is 0.467. The van der Waals surface area contributed by atoms with Gasteiger partial charge in [-0.25, -0.2) is 9.18 Å². The molecule has 0 spiro atoms. The lowest BCUT2D eigenvalue weighted by molar-refractivity contribution is -0.128. The first-order valence-electron chi connectivity index (χ1n) is 13.5. The minimum atomic E-state index is -0.959. The van der Waals surface area contributed by atoms with E-state index >= 15 is 4.39 Å². The van der Waals surface area contributed by atoms with Gasteiger partial charge in [-0.2, -0.15) is 5.26 Å². The Morgan fingerprint density at radius 1 is 1.21 bits per heavy atom. The largest absolute Gasteiger partial charge is 0.444 e. The molecule has 2 aromatic carbocycles. The number of hydrogen-bond donors (Lipinski definition) is 2. The van der Waals surface area contributed by atoms with E-state index in [0.717, 1.165) is 30.4 Å². The average Bonchev–Trinajstić information content (AvgIpc) is 3.50. The van der Waals surface area contributed by atoms with E-state index in [1.54, 1.807) is 45.0 Å². The number of carbonyl (C=O) groups excluding carboxylic acids is 3. The summed E-state index contributed by atoms with van der Waals surface area (Å²) in [6.45, 7) is 5.92. The number of nitrogens with zero attached hydrogens (tertiary/aromatic N) is 2. The summed E-state index contributed by atoms with van der Waals surface area (Å²) in [4.78, 5) is 39.7. The molecular weight excluding hydrogens is 499 g/mol. The van der Waals surface area contributed by atoms with Crippen molar-refractivity contribution in [3.8, 4) is 17.2 Å². The molecule has 1 saturated heterocycles. The summed E-state index contributed by atoms with van der Waals surface area (Å²) >= 11 is 0. The molecule has 4 atom stereocenters. The predicted octanol–water partition coefficient (Wildman–Crippen LogP) is 4.12. The van der Waals surface area contributed by atoms with Crippen LogP contribution in [0.2, 0.25) is 0 Å². The van der Waals surface area contributed by atoms with Gasteiger partial charge >= 0.3 is 6.09 Å². The lowest BCUT2D eigenvalue weighted by atomic mass is 9.94. The SMILES string of the molecule is CC(C)(C)OC(=O)N1C2CC[C@@H](C2)[C@H]1C(=O)NC(C#N)Cc1ccc(-c2ccc3c(c2)CCNC3=O)cc1F. The Labute approximate surface area is 227 Å². The van der Waals surface area contributed by atoms with Crippen LogP contribution >= 0.6 is 0 Å². The molecule has 2 bridgehead atoms.